The molecule has 0 spiro atoms. The smallest absolute Gasteiger partial charge is 0.255 e. The molecule has 1 heterocycles. The minimum absolute atomic E-state index is 0.0177. The lowest BCUT2D eigenvalue weighted by Gasteiger charge is -2.20. The quantitative estimate of drug-likeness (QED) is 0.749. The van der Waals surface area contributed by atoms with Gasteiger partial charge in [-0.3, -0.25) is 9.78 Å². The molecule has 0 fully saturated rings. The van der Waals surface area contributed by atoms with Gasteiger partial charge < -0.3 is 15.1 Å². The van der Waals surface area contributed by atoms with Gasteiger partial charge in [-0.1, -0.05) is 11.8 Å². The third kappa shape index (κ3) is 5.00. The predicted molar refractivity (Wildman–Crippen MR) is 76.1 cm³/mol. The van der Waals surface area contributed by atoms with Gasteiger partial charge in [0.05, 0.1) is 12.2 Å². The van der Waals surface area contributed by atoms with Crippen molar-refractivity contribution >= 4 is 5.91 Å². The van der Waals surface area contributed by atoms with Gasteiger partial charge in [-0.05, 0) is 19.4 Å². The summed E-state index contributed by atoms with van der Waals surface area (Å²) in [7, 11) is 0. The van der Waals surface area contributed by atoms with E-state index in [9.17, 15) is 4.79 Å². The van der Waals surface area contributed by atoms with Crippen LogP contribution in [-0.4, -0.2) is 52.3 Å². The van der Waals surface area contributed by atoms with Gasteiger partial charge in [0.25, 0.3) is 5.91 Å². The van der Waals surface area contributed by atoms with Crippen LogP contribution in [0.2, 0.25) is 0 Å². The average molecular weight is 276 g/mol. The fourth-order valence-electron chi connectivity index (χ4n) is 1.69. The predicted octanol–water partition coefficient (Wildman–Crippen LogP) is 0.660. The van der Waals surface area contributed by atoms with Crippen molar-refractivity contribution in [1.82, 2.24) is 9.88 Å². The lowest BCUT2D eigenvalue weighted by atomic mass is 10.2. The number of nitrogens with zero attached hydrogens (tertiary/aromatic N) is 2. The van der Waals surface area contributed by atoms with Gasteiger partial charge in [-0.25, -0.2) is 0 Å². The zero-order valence-electron chi connectivity index (χ0n) is 11.7. The van der Waals surface area contributed by atoms with Crippen molar-refractivity contribution in [2.45, 2.75) is 19.8 Å². The molecule has 1 rings (SSSR count). The molecule has 0 unspecified atom stereocenters. The van der Waals surface area contributed by atoms with Crippen molar-refractivity contribution in [3.05, 3.63) is 29.6 Å². The highest BCUT2D eigenvalue weighted by Gasteiger charge is 2.14. The van der Waals surface area contributed by atoms with E-state index in [2.05, 4.69) is 16.8 Å². The Morgan fingerprint density at radius 3 is 2.80 bits per heavy atom. The summed E-state index contributed by atoms with van der Waals surface area (Å²) in [6, 6.07) is 1.70. The Bertz CT molecular complexity index is 491. The van der Waals surface area contributed by atoms with Gasteiger partial charge in [0.15, 0.2) is 0 Å². The molecule has 0 aliphatic rings. The number of aliphatic hydroxyl groups is 2. The molecule has 20 heavy (non-hydrogen) atoms. The molecule has 2 N–H and O–H groups in total. The zero-order chi connectivity index (χ0) is 14.8. The second kappa shape index (κ2) is 9.08. The molecule has 0 aliphatic heterocycles. The summed E-state index contributed by atoms with van der Waals surface area (Å²) < 4.78 is 0. The van der Waals surface area contributed by atoms with Crippen molar-refractivity contribution in [3.8, 4) is 11.8 Å². The number of aliphatic hydroxyl groups excluding tert-OH is 2. The SMILES string of the molecule is CCN(CCCO)C(=O)c1cncc(C#CCCO)c1. The highest BCUT2D eigenvalue weighted by Crippen LogP contribution is 2.07. The Hall–Kier alpha value is -1.90. The van der Waals surface area contributed by atoms with Crippen molar-refractivity contribution in [2.75, 3.05) is 26.3 Å². The molecule has 1 aromatic heterocycles. The van der Waals surface area contributed by atoms with E-state index >= 15 is 0 Å². The number of amides is 1. The Morgan fingerprint density at radius 2 is 2.15 bits per heavy atom. The summed E-state index contributed by atoms with van der Waals surface area (Å²) in [6.45, 7) is 3.08. The summed E-state index contributed by atoms with van der Waals surface area (Å²) in [4.78, 5) is 18.0. The Morgan fingerprint density at radius 1 is 1.35 bits per heavy atom. The zero-order valence-corrected chi connectivity index (χ0v) is 11.7. The van der Waals surface area contributed by atoms with Crippen LogP contribution in [0.15, 0.2) is 18.5 Å². The van der Waals surface area contributed by atoms with Crippen molar-refractivity contribution in [2.24, 2.45) is 0 Å². The molecule has 0 aromatic carbocycles. The fraction of sp³-hybridized carbons (Fsp3) is 0.467. The Labute approximate surface area is 119 Å². The topological polar surface area (TPSA) is 73.7 Å². The number of aromatic nitrogens is 1. The number of pyridine rings is 1. The van der Waals surface area contributed by atoms with Gasteiger partial charge in [-0.15, -0.1) is 0 Å². The van der Waals surface area contributed by atoms with Crippen LogP contribution in [0, 0.1) is 11.8 Å². The first-order valence-corrected chi connectivity index (χ1v) is 6.67. The maximum Gasteiger partial charge on any atom is 0.255 e. The van der Waals surface area contributed by atoms with Crippen LogP contribution in [0.5, 0.6) is 0 Å². The average Bonchev–Trinajstić information content (AvgIpc) is 2.48. The molecule has 0 bridgehead atoms. The molecule has 0 radical (unpaired) electrons. The third-order valence-corrected chi connectivity index (χ3v) is 2.71. The summed E-state index contributed by atoms with van der Waals surface area (Å²) in [5.41, 5.74) is 1.14. The van der Waals surface area contributed by atoms with Gasteiger partial charge >= 0.3 is 0 Å². The normalized spacial score (nSPS) is 9.75. The van der Waals surface area contributed by atoms with Gasteiger partial charge in [0.1, 0.15) is 0 Å². The van der Waals surface area contributed by atoms with Crippen LogP contribution >= 0.6 is 0 Å². The molecule has 0 saturated heterocycles. The summed E-state index contributed by atoms with van der Waals surface area (Å²) in [5, 5.41) is 17.5. The van der Waals surface area contributed by atoms with Crippen molar-refractivity contribution < 1.29 is 15.0 Å². The van der Waals surface area contributed by atoms with Gasteiger partial charge in [-0.2, -0.15) is 0 Å². The van der Waals surface area contributed by atoms with E-state index < -0.39 is 0 Å². The first-order chi connectivity index (χ1) is 9.72. The summed E-state index contributed by atoms with van der Waals surface area (Å²) in [5.74, 6) is 5.54. The minimum Gasteiger partial charge on any atom is -0.396 e. The molecule has 0 atom stereocenters. The van der Waals surface area contributed by atoms with Gasteiger partial charge in [0, 0.05) is 44.1 Å². The molecule has 0 saturated carbocycles. The molecule has 1 aromatic rings. The first-order valence-electron chi connectivity index (χ1n) is 6.67. The summed E-state index contributed by atoms with van der Waals surface area (Å²) >= 11 is 0. The number of carbonyl (C=O) groups excluding carboxylic acids is 1. The van der Waals surface area contributed by atoms with E-state index in [4.69, 9.17) is 10.2 Å². The van der Waals surface area contributed by atoms with Crippen LogP contribution in [0.25, 0.3) is 0 Å². The van der Waals surface area contributed by atoms with E-state index in [1.165, 1.54) is 6.20 Å². The van der Waals surface area contributed by atoms with Crippen molar-refractivity contribution in [1.29, 1.82) is 0 Å². The van der Waals surface area contributed by atoms with Crippen LogP contribution < -0.4 is 0 Å². The minimum atomic E-state index is -0.112. The number of carbonyl (C=O) groups is 1. The van der Waals surface area contributed by atoms with E-state index in [0.29, 0.717) is 37.1 Å². The van der Waals surface area contributed by atoms with Crippen LogP contribution in [0.4, 0.5) is 0 Å². The lowest BCUT2D eigenvalue weighted by molar-refractivity contribution is 0.0754. The monoisotopic (exact) mass is 276 g/mol. The fourth-order valence-corrected chi connectivity index (χ4v) is 1.69. The largest absolute Gasteiger partial charge is 0.396 e. The Kier molecular flexibility index (Phi) is 7.33. The van der Waals surface area contributed by atoms with E-state index in [1.54, 1.807) is 17.2 Å². The standard InChI is InChI=1S/C15H20N2O3/c1-2-17(7-5-9-19)15(20)14-10-13(11-16-12-14)6-3-4-8-18/h10-12,18-19H,2,4-5,7-9H2,1H3. The Balaban J connectivity index is 2.82. The van der Waals surface area contributed by atoms with Crippen LogP contribution in [0.1, 0.15) is 35.7 Å². The van der Waals surface area contributed by atoms with Crippen LogP contribution in [0.3, 0.4) is 0 Å². The highest BCUT2D eigenvalue weighted by atomic mass is 16.3. The summed E-state index contributed by atoms with van der Waals surface area (Å²) in [6.07, 6.45) is 4.06. The first kappa shape index (κ1) is 16.2. The molecule has 5 heteroatoms. The number of hydrogen-bond donors (Lipinski definition) is 2. The molecular weight excluding hydrogens is 256 g/mol. The number of hydrogen-bond acceptors (Lipinski definition) is 4. The van der Waals surface area contributed by atoms with Gasteiger partial charge in [0.2, 0.25) is 0 Å². The van der Waals surface area contributed by atoms with Crippen LogP contribution in [-0.2, 0) is 0 Å². The second-order valence-electron chi connectivity index (χ2n) is 4.20. The maximum atomic E-state index is 12.3. The van der Waals surface area contributed by atoms with E-state index in [0.717, 1.165) is 0 Å². The second-order valence-corrected chi connectivity index (χ2v) is 4.20. The highest BCUT2D eigenvalue weighted by molar-refractivity contribution is 5.94. The molecule has 108 valence electrons. The lowest BCUT2D eigenvalue weighted by Crippen LogP contribution is -2.32. The third-order valence-electron chi connectivity index (χ3n) is 2.71. The molecule has 1 amide bonds. The van der Waals surface area contributed by atoms with E-state index in [-0.39, 0.29) is 19.1 Å². The maximum absolute atomic E-state index is 12.3. The molecule has 0 aliphatic carbocycles. The molecular formula is C15H20N2O3. The van der Waals surface area contributed by atoms with Crippen molar-refractivity contribution in [3.63, 3.8) is 0 Å². The number of rotatable bonds is 6. The molecule has 5 nitrogen and oxygen atoms in total. The van der Waals surface area contributed by atoms with E-state index in [1.807, 2.05) is 6.92 Å².